The van der Waals surface area contributed by atoms with E-state index in [-0.39, 0.29) is 0 Å². The first kappa shape index (κ1) is 10.2. The third kappa shape index (κ3) is 9.15. The first-order valence-corrected chi connectivity index (χ1v) is 3.70. The van der Waals surface area contributed by atoms with E-state index in [2.05, 4.69) is 18.1 Å². The molecule has 0 aromatic carbocycles. The Morgan fingerprint density at radius 1 is 1.64 bits per heavy atom. The summed E-state index contributed by atoms with van der Waals surface area (Å²) in [5, 5.41) is 0. The summed E-state index contributed by atoms with van der Waals surface area (Å²) >= 11 is 0. The van der Waals surface area contributed by atoms with Gasteiger partial charge in [-0.1, -0.05) is 13.3 Å². The molecule has 0 aromatic heterocycles. The average molecular weight is 155 g/mol. The highest BCUT2D eigenvalue weighted by Crippen LogP contribution is 1.84. The molecule has 0 rings (SSSR count). The van der Waals surface area contributed by atoms with Gasteiger partial charge in [-0.25, -0.2) is 4.79 Å². The Morgan fingerprint density at radius 3 is 3.09 bits per heavy atom. The van der Waals surface area contributed by atoms with Crippen LogP contribution in [0.15, 0.2) is 11.8 Å². The molecule has 3 heteroatoms. The summed E-state index contributed by atoms with van der Waals surface area (Å²) in [6.45, 7) is 3.30. The molecule has 1 N–H and O–H groups in total. The maximum Gasteiger partial charge on any atom is 0.176 e. The molecule has 0 amide bonds. The summed E-state index contributed by atoms with van der Waals surface area (Å²) in [6.07, 6.45) is 3.69. The molecule has 0 fully saturated rings. The first-order valence-electron chi connectivity index (χ1n) is 3.70. The zero-order valence-electron chi connectivity index (χ0n) is 6.72. The van der Waals surface area contributed by atoms with Crippen LogP contribution in [0.1, 0.15) is 19.8 Å². The van der Waals surface area contributed by atoms with Gasteiger partial charge in [-0.2, -0.15) is 5.48 Å². The topological polar surface area (TPSA) is 38.3 Å². The molecule has 0 aliphatic rings. The number of unbranched alkanes of at least 4 members (excludes halogenated alkanes) is 1. The van der Waals surface area contributed by atoms with Gasteiger partial charge in [0.2, 0.25) is 0 Å². The summed E-state index contributed by atoms with van der Waals surface area (Å²) < 4.78 is 0. The molecule has 0 atom stereocenters. The van der Waals surface area contributed by atoms with Crippen molar-refractivity contribution in [2.75, 3.05) is 13.2 Å². The van der Waals surface area contributed by atoms with E-state index in [0.29, 0.717) is 13.2 Å². The predicted molar refractivity (Wildman–Crippen MR) is 42.6 cm³/mol. The average Bonchev–Trinajstić information content (AvgIpc) is 2.03. The molecule has 11 heavy (non-hydrogen) atoms. The Labute approximate surface area is 66.7 Å². The number of hydroxylamine groups is 1. The van der Waals surface area contributed by atoms with Gasteiger partial charge in [0.1, 0.15) is 0 Å². The largest absolute Gasteiger partial charge is 0.301 e. The monoisotopic (exact) mass is 155 g/mol. The molecular weight excluding hydrogens is 142 g/mol. The second-order valence-corrected chi connectivity index (χ2v) is 2.00. The minimum absolute atomic E-state index is 0.499. The van der Waals surface area contributed by atoms with Crippen LogP contribution < -0.4 is 5.48 Å². The van der Waals surface area contributed by atoms with Crippen molar-refractivity contribution in [3.8, 4) is 0 Å². The number of nitrogens with one attached hydrogen (secondary N) is 1. The van der Waals surface area contributed by atoms with Gasteiger partial charge in [-0.3, -0.25) is 0 Å². The third-order valence-electron chi connectivity index (χ3n) is 1.05. The van der Waals surface area contributed by atoms with Crippen LogP contribution in [0.25, 0.3) is 0 Å². The molecule has 0 bridgehead atoms. The van der Waals surface area contributed by atoms with Crippen LogP contribution >= 0.6 is 0 Å². The molecule has 0 heterocycles. The van der Waals surface area contributed by atoms with Gasteiger partial charge in [0.15, 0.2) is 5.94 Å². The van der Waals surface area contributed by atoms with E-state index in [1.165, 1.54) is 12.0 Å². The second kappa shape index (κ2) is 9.15. The van der Waals surface area contributed by atoms with Gasteiger partial charge >= 0.3 is 0 Å². The summed E-state index contributed by atoms with van der Waals surface area (Å²) in [7, 11) is 0. The molecule has 0 spiro atoms. The maximum absolute atomic E-state index is 9.60. The minimum Gasteiger partial charge on any atom is -0.301 e. The van der Waals surface area contributed by atoms with Crippen molar-refractivity contribution in [2.24, 2.45) is 0 Å². The van der Waals surface area contributed by atoms with Crippen LogP contribution in [0.2, 0.25) is 0 Å². The van der Waals surface area contributed by atoms with Crippen molar-refractivity contribution in [3.05, 3.63) is 11.8 Å². The van der Waals surface area contributed by atoms with Crippen molar-refractivity contribution in [1.29, 1.82) is 0 Å². The van der Waals surface area contributed by atoms with Crippen LogP contribution in [-0.2, 0) is 9.63 Å². The van der Waals surface area contributed by atoms with Crippen molar-refractivity contribution in [2.45, 2.75) is 19.8 Å². The Balaban J connectivity index is 3.02. The zero-order chi connectivity index (χ0) is 8.36. The molecular formula is C8H13NO2. The highest BCUT2D eigenvalue weighted by atomic mass is 16.6. The van der Waals surface area contributed by atoms with E-state index >= 15 is 0 Å². The quantitative estimate of drug-likeness (QED) is 0.267. The second-order valence-electron chi connectivity index (χ2n) is 2.00. The Bertz CT molecular complexity index is 155. The van der Waals surface area contributed by atoms with E-state index < -0.39 is 0 Å². The number of hydrogen-bond acceptors (Lipinski definition) is 3. The Hall–Kier alpha value is -0.850. The fraction of sp³-hybridized carbons (Fsp3) is 0.625. The molecule has 0 unspecified atom stereocenters. The lowest BCUT2D eigenvalue weighted by molar-refractivity contribution is 0.0466. The third-order valence-corrected chi connectivity index (χ3v) is 1.05. The van der Waals surface area contributed by atoms with Crippen LogP contribution in [0.3, 0.4) is 0 Å². The molecule has 0 saturated heterocycles. The molecule has 0 aliphatic carbocycles. The molecule has 0 aliphatic heterocycles. The number of carbonyl (C=O) groups excluding carboxylic acids is 1. The zero-order valence-corrected chi connectivity index (χ0v) is 6.72. The minimum atomic E-state index is 0.499. The summed E-state index contributed by atoms with van der Waals surface area (Å²) in [5.41, 5.74) is 4.92. The fourth-order valence-corrected chi connectivity index (χ4v) is 0.482. The van der Waals surface area contributed by atoms with Gasteiger partial charge in [0.05, 0.1) is 6.61 Å². The highest BCUT2D eigenvalue weighted by molar-refractivity contribution is 5.43. The summed E-state index contributed by atoms with van der Waals surface area (Å²) in [5.74, 6) is 1.52. The van der Waals surface area contributed by atoms with Gasteiger partial charge in [-0.05, 0) is 18.2 Å². The van der Waals surface area contributed by atoms with Crippen molar-refractivity contribution < 1.29 is 9.63 Å². The smallest absolute Gasteiger partial charge is 0.176 e. The predicted octanol–water partition coefficient (Wildman–Crippen LogP) is 0.851. The summed E-state index contributed by atoms with van der Waals surface area (Å²) in [6, 6.07) is 0. The molecule has 62 valence electrons. The van der Waals surface area contributed by atoms with Gasteiger partial charge in [-0.15, -0.1) is 0 Å². The molecule has 0 aromatic rings. The maximum atomic E-state index is 9.60. The van der Waals surface area contributed by atoms with Crippen molar-refractivity contribution in [3.63, 3.8) is 0 Å². The first-order chi connectivity index (χ1) is 5.41. The van der Waals surface area contributed by atoms with E-state index in [0.717, 1.165) is 12.8 Å². The highest BCUT2D eigenvalue weighted by Gasteiger charge is 1.82. The lowest BCUT2D eigenvalue weighted by Crippen LogP contribution is -2.14. The lowest BCUT2D eigenvalue weighted by Gasteiger charge is -1.99. The van der Waals surface area contributed by atoms with E-state index in [1.807, 2.05) is 0 Å². The normalized spacial score (nSPS) is 8.45. The fourth-order valence-electron chi connectivity index (χ4n) is 0.482. The SMILES string of the molecule is CCCCONCC=C=C=O. The lowest BCUT2D eigenvalue weighted by atomic mass is 10.4. The standard InChI is InChI=1S/C8H13NO2/c1-2-3-8-11-9-6-4-5-7-10/h4,9H,2-3,6,8H2,1H3. The van der Waals surface area contributed by atoms with Gasteiger partial charge < -0.3 is 4.84 Å². The Kier molecular flexibility index (Phi) is 8.44. The van der Waals surface area contributed by atoms with E-state index in [4.69, 9.17) is 4.84 Å². The van der Waals surface area contributed by atoms with Crippen LogP contribution in [0, 0.1) is 0 Å². The number of rotatable bonds is 6. The van der Waals surface area contributed by atoms with Crippen molar-refractivity contribution in [1.82, 2.24) is 5.48 Å². The van der Waals surface area contributed by atoms with Crippen LogP contribution in [-0.4, -0.2) is 19.1 Å². The van der Waals surface area contributed by atoms with Crippen LogP contribution in [0.5, 0.6) is 0 Å². The molecule has 0 radical (unpaired) electrons. The van der Waals surface area contributed by atoms with Crippen molar-refractivity contribution >= 4 is 5.94 Å². The summed E-state index contributed by atoms with van der Waals surface area (Å²) in [4.78, 5) is 14.6. The van der Waals surface area contributed by atoms with E-state index in [9.17, 15) is 4.79 Å². The van der Waals surface area contributed by atoms with Gasteiger partial charge in [0, 0.05) is 6.54 Å². The van der Waals surface area contributed by atoms with Gasteiger partial charge in [0.25, 0.3) is 0 Å². The van der Waals surface area contributed by atoms with E-state index in [1.54, 1.807) is 0 Å². The number of hydrogen-bond donors (Lipinski definition) is 1. The molecule has 0 saturated carbocycles. The molecule has 3 nitrogen and oxygen atoms in total. The Morgan fingerprint density at radius 2 is 2.45 bits per heavy atom. The van der Waals surface area contributed by atoms with Crippen LogP contribution in [0.4, 0.5) is 0 Å².